The first kappa shape index (κ1) is 11.2. The first-order valence-electron chi connectivity index (χ1n) is 6.69. The maximum Gasteiger partial charge on any atom is 0.0169 e. The zero-order valence-corrected chi connectivity index (χ0v) is 10.3. The van der Waals surface area contributed by atoms with Gasteiger partial charge < -0.3 is 5.32 Å². The molecule has 2 saturated carbocycles. The highest BCUT2D eigenvalue weighted by atomic mass is 14.9. The highest BCUT2D eigenvalue weighted by molar-refractivity contribution is 5.10. The summed E-state index contributed by atoms with van der Waals surface area (Å²) >= 11 is 0. The summed E-state index contributed by atoms with van der Waals surface area (Å²) in [6.07, 6.45) is 11.1. The first-order valence-corrected chi connectivity index (χ1v) is 6.69. The van der Waals surface area contributed by atoms with E-state index in [1.54, 1.807) is 5.57 Å². The van der Waals surface area contributed by atoms with Crippen LogP contribution in [-0.2, 0) is 0 Å². The molecule has 2 aliphatic rings. The van der Waals surface area contributed by atoms with E-state index < -0.39 is 0 Å². The average molecular weight is 207 g/mol. The van der Waals surface area contributed by atoms with Crippen molar-refractivity contribution >= 4 is 0 Å². The number of hydrogen-bond donors (Lipinski definition) is 1. The van der Waals surface area contributed by atoms with Crippen LogP contribution in [0.15, 0.2) is 11.6 Å². The molecule has 0 atom stereocenters. The summed E-state index contributed by atoms with van der Waals surface area (Å²) in [5.41, 5.74) is 1.65. The van der Waals surface area contributed by atoms with Gasteiger partial charge in [-0.3, -0.25) is 0 Å². The van der Waals surface area contributed by atoms with Crippen molar-refractivity contribution in [2.24, 2.45) is 11.8 Å². The van der Waals surface area contributed by atoms with Crippen molar-refractivity contribution in [2.75, 3.05) is 6.54 Å². The summed E-state index contributed by atoms with van der Waals surface area (Å²) in [6.45, 7) is 5.80. The fraction of sp³-hybridized carbons (Fsp3) is 0.857. The van der Waals surface area contributed by atoms with Gasteiger partial charge in [0.2, 0.25) is 0 Å². The lowest BCUT2D eigenvalue weighted by Gasteiger charge is -2.15. The van der Waals surface area contributed by atoms with Gasteiger partial charge in [0, 0.05) is 12.6 Å². The normalized spacial score (nSPS) is 24.1. The van der Waals surface area contributed by atoms with Crippen LogP contribution in [0.4, 0.5) is 0 Å². The minimum Gasteiger partial charge on any atom is -0.310 e. The Labute approximate surface area is 94.3 Å². The maximum absolute atomic E-state index is 3.64. The molecule has 86 valence electrons. The van der Waals surface area contributed by atoms with Crippen LogP contribution in [0.1, 0.15) is 52.4 Å². The third-order valence-corrected chi connectivity index (χ3v) is 3.76. The van der Waals surface area contributed by atoms with Gasteiger partial charge in [0.15, 0.2) is 0 Å². The van der Waals surface area contributed by atoms with Crippen molar-refractivity contribution in [3.63, 3.8) is 0 Å². The van der Waals surface area contributed by atoms with Crippen LogP contribution >= 0.6 is 0 Å². The molecule has 0 amide bonds. The Morgan fingerprint density at radius 2 is 1.87 bits per heavy atom. The minimum absolute atomic E-state index is 0.719. The maximum atomic E-state index is 3.64. The third-order valence-electron chi connectivity index (χ3n) is 3.76. The van der Waals surface area contributed by atoms with Gasteiger partial charge in [0.1, 0.15) is 0 Å². The summed E-state index contributed by atoms with van der Waals surface area (Å²) in [5, 5.41) is 3.64. The van der Waals surface area contributed by atoms with Crippen LogP contribution in [0.5, 0.6) is 0 Å². The molecule has 2 aliphatic carbocycles. The van der Waals surface area contributed by atoms with Crippen molar-refractivity contribution in [2.45, 2.75) is 58.4 Å². The van der Waals surface area contributed by atoms with Gasteiger partial charge in [-0.25, -0.2) is 0 Å². The zero-order valence-electron chi connectivity index (χ0n) is 10.3. The molecular formula is C14H25N. The van der Waals surface area contributed by atoms with E-state index in [-0.39, 0.29) is 0 Å². The van der Waals surface area contributed by atoms with E-state index in [9.17, 15) is 0 Å². The molecule has 1 nitrogen and oxygen atoms in total. The molecule has 0 aromatic rings. The quantitative estimate of drug-likeness (QED) is 0.680. The second-order valence-electron chi connectivity index (χ2n) is 5.60. The Kier molecular flexibility index (Phi) is 3.85. The molecule has 0 unspecified atom stereocenters. The van der Waals surface area contributed by atoms with Gasteiger partial charge in [-0.15, -0.1) is 0 Å². The Hall–Kier alpha value is -0.300. The molecule has 0 aliphatic heterocycles. The second-order valence-corrected chi connectivity index (χ2v) is 5.60. The Morgan fingerprint density at radius 1 is 1.20 bits per heavy atom. The summed E-state index contributed by atoms with van der Waals surface area (Å²) in [6, 6.07) is 0.843. The van der Waals surface area contributed by atoms with E-state index in [0.29, 0.717) is 0 Å². The summed E-state index contributed by atoms with van der Waals surface area (Å²) in [7, 11) is 0. The minimum atomic E-state index is 0.719. The number of allylic oxidation sites excluding steroid dienone is 1. The molecule has 0 aromatic heterocycles. The van der Waals surface area contributed by atoms with Crippen molar-refractivity contribution in [1.82, 2.24) is 5.32 Å². The molecule has 0 aromatic carbocycles. The lowest BCUT2D eigenvalue weighted by Crippen LogP contribution is -2.21. The van der Waals surface area contributed by atoms with E-state index >= 15 is 0 Å². The molecular weight excluding hydrogens is 182 g/mol. The topological polar surface area (TPSA) is 12.0 Å². The van der Waals surface area contributed by atoms with Gasteiger partial charge in [-0.1, -0.05) is 38.3 Å². The van der Waals surface area contributed by atoms with E-state index in [2.05, 4.69) is 25.2 Å². The predicted molar refractivity (Wildman–Crippen MR) is 65.9 cm³/mol. The van der Waals surface area contributed by atoms with Crippen molar-refractivity contribution in [1.29, 1.82) is 0 Å². The van der Waals surface area contributed by atoms with E-state index in [1.165, 1.54) is 38.5 Å². The monoisotopic (exact) mass is 207 g/mol. The SMILES string of the molecule is CC(C)C(=CC1CCCC1)CNC1CC1. The zero-order chi connectivity index (χ0) is 10.7. The van der Waals surface area contributed by atoms with Crippen LogP contribution < -0.4 is 5.32 Å². The van der Waals surface area contributed by atoms with Gasteiger partial charge in [0.05, 0.1) is 0 Å². The third kappa shape index (κ3) is 3.64. The lowest BCUT2D eigenvalue weighted by atomic mass is 9.96. The van der Waals surface area contributed by atoms with Gasteiger partial charge in [-0.05, 0) is 37.5 Å². The van der Waals surface area contributed by atoms with Crippen LogP contribution in [0.3, 0.4) is 0 Å². The van der Waals surface area contributed by atoms with Gasteiger partial charge in [-0.2, -0.15) is 0 Å². The van der Waals surface area contributed by atoms with Crippen molar-refractivity contribution < 1.29 is 0 Å². The van der Waals surface area contributed by atoms with Gasteiger partial charge >= 0.3 is 0 Å². The first-order chi connectivity index (χ1) is 7.25. The Balaban J connectivity index is 1.84. The van der Waals surface area contributed by atoms with E-state index in [0.717, 1.165) is 24.4 Å². The molecule has 1 heteroatoms. The average Bonchev–Trinajstić information content (AvgIpc) is 2.89. The fourth-order valence-electron chi connectivity index (χ4n) is 2.43. The summed E-state index contributed by atoms with van der Waals surface area (Å²) in [4.78, 5) is 0. The van der Waals surface area contributed by atoms with Crippen LogP contribution in [-0.4, -0.2) is 12.6 Å². The number of rotatable bonds is 5. The van der Waals surface area contributed by atoms with Crippen LogP contribution in [0.25, 0.3) is 0 Å². The lowest BCUT2D eigenvalue weighted by molar-refractivity contribution is 0.619. The molecule has 2 rings (SSSR count). The fourth-order valence-corrected chi connectivity index (χ4v) is 2.43. The molecule has 0 spiro atoms. The molecule has 15 heavy (non-hydrogen) atoms. The second kappa shape index (κ2) is 5.16. The van der Waals surface area contributed by atoms with Crippen molar-refractivity contribution in [3.05, 3.63) is 11.6 Å². The molecule has 0 bridgehead atoms. The number of hydrogen-bond acceptors (Lipinski definition) is 1. The van der Waals surface area contributed by atoms with Gasteiger partial charge in [0.25, 0.3) is 0 Å². The molecule has 0 heterocycles. The molecule has 0 radical (unpaired) electrons. The van der Waals surface area contributed by atoms with Crippen molar-refractivity contribution in [3.8, 4) is 0 Å². The smallest absolute Gasteiger partial charge is 0.0169 e. The summed E-state index contributed by atoms with van der Waals surface area (Å²) in [5.74, 6) is 1.61. The largest absolute Gasteiger partial charge is 0.310 e. The summed E-state index contributed by atoms with van der Waals surface area (Å²) < 4.78 is 0. The van der Waals surface area contributed by atoms with Crippen LogP contribution in [0, 0.1) is 11.8 Å². The Bertz CT molecular complexity index is 219. The van der Waals surface area contributed by atoms with E-state index in [1.807, 2.05) is 0 Å². The standard InChI is InChI=1S/C14H25N/c1-11(2)13(10-15-14-7-8-14)9-12-5-3-4-6-12/h9,11-12,14-15H,3-8,10H2,1-2H3. The molecule has 1 N–H and O–H groups in total. The van der Waals surface area contributed by atoms with Crippen LogP contribution in [0.2, 0.25) is 0 Å². The van der Waals surface area contributed by atoms with E-state index in [4.69, 9.17) is 0 Å². The molecule has 2 fully saturated rings. The highest BCUT2D eigenvalue weighted by Crippen LogP contribution is 2.28. The highest BCUT2D eigenvalue weighted by Gasteiger charge is 2.21. The number of nitrogens with one attached hydrogen (secondary N) is 1. The predicted octanol–water partition coefficient (Wildman–Crippen LogP) is 3.51. The Morgan fingerprint density at radius 3 is 2.40 bits per heavy atom. The molecule has 0 saturated heterocycles.